The maximum Gasteiger partial charge on any atom is 0.309 e. The lowest BCUT2D eigenvalue weighted by Gasteiger charge is -2.19. The Labute approximate surface area is 87.7 Å². The Kier molecular flexibility index (Phi) is 3.11. The van der Waals surface area contributed by atoms with Gasteiger partial charge in [0, 0.05) is 12.4 Å². The highest BCUT2D eigenvalue weighted by Crippen LogP contribution is 2.25. The van der Waals surface area contributed by atoms with Gasteiger partial charge in [-0.1, -0.05) is 11.6 Å². The molecule has 14 heavy (non-hydrogen) atoms. The van der Waals surface area contributed by atoms with E-state index in [-0.39, 0.29) is 0 Å². The van der Waals surface area contributed by atoms with Crippen LogP contribution in [0.4, 0.5) is 0 Å². The van der Waals surface area contributed by atoms with Crippen molar-refractivity contribution in [1.82, 2.24) is 4.98 Å². The van der Waals surface area contributed by atoms with Crippen LogP contribution in [0.5, 0.6) is 0 Å². The number of carbonyl (C=O) groups is 1. The summed E-state index contributed by atoms with van der Waals surface area (Å²) in [5, 5.41) is 9.45. The molecule has 0 atom stereocenters. The fourth-order valence-corrected chi connectivity index (χ4v) is 1.29. The third kappa shape index (κ3) is 2.45. The molecule has 0 fully saturated rings. The van der Waals surface area contributed by atoms with E-state index in [4.69, 9.17) is 16.7 Å². The second kappa shape index (κ2) is 3.96. The molecule has 0 aliphatic carbocycles. The number of halogens is 1. The zero-order valence-electron chi connectivity index (χ0n) is 8.12. The number of hydrogen-bond acceptors (Lipinski definition) is 2. The molecule has 0 unspecified atom stereocenters. The molecule has 0 aliphatic heterocycles. The summed E-state index contributed by atoms with van der Waals surface area (Å²) in [6.07, 6.45) is 3.54. The van der Waals surface area contributed by atoms with Crippen LogP contribution >= 0.6 is 11.6 Å². The predicted octanol–water partition coefficient (Wildman–Crippen LogP) is 2.39. The zero-order valence-corrected chi connectivity index (χ0v) is 8.88. The first-order valence-corrected chi connectivity index (χ1v) is 4.63. The van der Waals surface area contributed by atoms with Gasteiger partial charge in [-0.05, 0) is 31.9 Å². The molecule has 0 amide bonds. The Morgan fingerprint density at radius 1 is 1.64 bits per heavy atom. The van der Waals surface area contributed by atoms with Gasteiger partial charge in [-0.2, -0.15) is 0 Å². The monoisotopic (exact) mass is 213 g/mol. The highest BCUT2D eigenvalue weighted by molar-refractivity contribution is 6.31. The summed E-state index contributed by atoms with van der Waals surface area (Å²) in [4.78, 5) is 14.7. The van der Waals surface area contributed by atoms with Gasteiger partial charge >= 0.3 is 5.97 Å². The van der Waals surface area contributed by atoms with Crippen LogP contribution in [0.15, 0.2) is 18.5 Å². The molecule has 1 aromatic heterocycles. The fourth-order valence-electron chi connectivity index (χ4n) is 1.10. The minimum Gasteiger partial charge on any atom is -0.481 e. The first-order valence-electron chi connectivity index (χ1n) is 4.25. The molecule has 3 nitrogen and oxygen atoms in total. The standard InChI is InChI=1S/C10H12ClNO2/c1-10(2,9(13)14)5-7-3-4-12-6-8(7)11/h3-4,6H,5H2,1-2H3,(H,13,14). The molecule has 1 aromatic rings. The van der Waals surface area contributed by atoms with Crippen molar-refractivity contribution in [2.24, 2.45) is 5.41 Å². The molecular weight excluding hydrogens is 202 g/mol. The van der Waals surface area contributed by atoms with Gasteiger partial charge in [0.25, 0.3) is 0 Å². The molecular formula is C10H12ClNO2. The number of carboxylic acids is 1. The molecule has 0 saturated carbocycles. The van der Waals surface area contributed by atoms with E-state index >= 15 is 0 Å². The maximum absolute atomic E-state index is 10.9. The summed E-state index contributed by atoms with van der Waals surface area (Å²) >= 11 is 5.88. The van der Waals surface area contributed by atoms with Crippen molar-refractivity contribution < 1.29 is 9.90 Å². The van der Waals surface area contributed by atoms with Crippen LogP contribution in [0.25, 0.3) is 0 Å². The first kappa shape index (κ1) is 11.0. The molecule has 0 saturated heterocycles. The highest BCUT2D eigenvalue weighted by Gasteiger charge is 2.28. The van der Waals surface area contributed by atoms with E-state index in [2.05, 4.69) is 4.98 Å². The maximum atomic E-state index is 10.9. The topological polar surface area (TPSA) is 50.2 Å². The van der Waals surface area contributed by atoms with Crippen molar-refractivity contribution in [1.29, 1.82) is 0 Å². The Balaban J connectivity index is 2.89. The van der Waals surface area contributed by atoms with Crippen LogP contribution in [0.3, 0.4) is 0 Å². The van der Waals surface area contributed by atoms with E-state index < -0.39 is 11.4 Å². The summed E-state index contributed by atoms with van der Waals surface area (Å²) in [5.74, 6) is -0.828. The number of aromatic nitrogens is 1. The summed E-state index contributed by atoms with van der Waals surface area (Å²) in [5.41, 5.74) is 0.0133. The largest absolute Gasteiger partial charge is 0.481 e. The lowest BCUT2D eigenvalue weighted by molar-refractivity contribution is -0.146. The quantitative estimate of drug-likeness (QED) is 0.839. The van der Waals surface area contributed by atoms with Gasteiger partial charge in [-0.3, -0.25) is 9.78 Å². The first-order chi connectivity index (χ1) is 6.43. The van der Waals surface area contributed by atoms with Gasteiger partial charge in [-0.25, -0.2) is 0 Å². The summed E-state index contributed by atoms with van der Waals surface area (Å²) in [7, 11) is 0. The van der Waals surface area contributed by atoms with Gasteiger partial charge in [0.05, 0.1) is 10.4 Å². The minimum absolute atomic E-state index is 0.406. The minimum atomic E-state index is -0.828. The molecule has 0 bridgehead atoms. The van der Waals surface area contributed by atoms with Crippen LogP contribution in [0.1, 0.15) is 19.4 Å². The second-order valence-electron chi connectivity index (χ2n) is 3.83. The van der Waals surface area contributed by atoms with E-state index in [1.165, 1.54) is 6.20 Å². The highest BCUT2D eigenvalue weighted by atomic mass is 35.5. The molecule has 0 spiro atoms. The lowest BCUT2D eigenvalue weighted by Crippen LogP contribution is -2.26. The number of pyridine rings is 1. The summed E-state index contributed by atoms with van der Waals surface area (Å²) < 4.78 is 0. The number of nitrogens with zero attached hydrogens (tertiary/aromatic N) is 1. The SMILES string of the molecule is CC(C)(Cc1ccncc1Cl)C(=O)O. The van der Waals surface area contributed by atoms with Gasteiger partial charge in [0.1, 0.15) is 0 Å². The Bertz CT molecular complexity index is 350. The average molecular weight is 214 g/mol. The number of aliphatic carboxylic acids is 1. The summed E-state index contributed by atoms with van der Waals surface area (Å²) in [6, 6.07) is 1.74. The van der Waals surface area contributed by atoms with Crippen molar-refractivity contribution in [2.45, 2.75) is 20.3 Å². The van der Waals surface area contributed by atoms with E-state index in [0.29, 0.717) is 11.4 Å². The Hall–Kier alpha value is -1.09. The molecule has 0 aliphatic rings. The van der Waals surface area contributed by atoms with E-state index in [0.717, 1.165) is 5.56 Å². The normalized spacial score (nSPS) is 11.4. The van der Waals surface area contributed by atoms with Gasteiger partial charge < -0.3 is 5.11 Å². The van der Waals surface area contributed by atoms with Gasteiger partial charge in [0.15, 0.2) is 0 Å². The van der Waals surface area contributed by atoms with E-state index in [1.807, 2.05) is 0 Å². The van der Waals surface area contributed by atoms with Crippen LogP contribution < -0.4 is 0 Å². The van der Waals surface area contributed by atoms with E-state index in [1.54, 1.807) is 26.1 Å². The predicted molar refractivity (Wildman–Crippen MR) is 54.4 cm³/mol. The molecule has 1 heterocycles. The lowest BCUT2D eigenvalue weighted by atomic mass is 9.86. The third-order valence-corrected chi connectivity index (χ3v) is 2.41. The average Bonchev–Trinajstić information content (AvgIpc) is 2.08. The Morgan fingerprint density at radius 3 is 2.79 bits per heavy atom. The third-order valence-electron chi connectivity index (χ3n) is 2.07. The van der Waals surface area contributed by atoms with E-state index in [9.17, 15) is 4.79 Å². The molecule has 4 heteroatoms. The van der Waals surface area contributed by atoms with Crippen molar-refractivity contribution in [2.75, 3.05) is 0 Å². The van der Waals surface area contributed by atoms with Crippen LogP contribution in [-0.2, 0) is 11.2 Å². The summed E-state index contributed by atoms with van der Waals surface area (Å²) in [6.45, 7) is 3.35. The molecule has 76 valence electrons. The van der Waals surface area contributed by atoms with Crippen molar-refractivity contribution >= 4 is 17.6 Å². The van der Waals surface area contributed by atoms with Crippen LogP contribution in [-0.4, -0.2) is 16.1 Å². The van der Waals surface area contributed by atoms with Crippen LogP contribution in [0, 0.1) is 5.41 Å². The molecule has 0 radical (unpaired) electrons. The zero-order chi connectivity index (χ0) is 10.8. The number of hydrogen-bond donors (Lipinski definition) is 1. The molecule has 1 N–H and O–H groups in total. The van der Waals surface area contributed by atoms with Gasteiger partial charge in [0.2, 0.25) is 0 Å². The van der Waals surface area contributed by atoms with Crippen molar-refractivity contribution in [3.05, 3.63) is 29.0 Å². The van der Waals surface area contributed by atoms with Crippen molar-refractivity contribution in [3.63, 3.8) is 0 Å². The van der Waals surface area contributed by atoms with Gasteiger partial charge in [-0.15, -0.1) is 0 Å². The van der Waals surface area contributed by atoms with Crippen LogP contribution in [0.2, 0.25) is 5.02 Å². The fraction of sp³-hybridized carbons (Fsp3) is 0.400. The molecule has 0 aromatic carbocycles. The Morgan fingerprint density at radius 2 is 2.29 bits per heavy atom. The number of carboxylic acid groups (broad SMARTS) is 1. The smallest absolute Gasteiger partial charge is 0.309 e. The van der Waals surface area contributed by atoms with Crippen molar-refractivity contribution in [3.8, 4) is 0 Å². The number of rotatable bonds is 3. The molecule has 1 rings (SSSR count). The second-order valence-corrected chi connectivity index (χ2v) is 4.24.